The third-order valence-corrected chi connectivity index (χ3v) is 9.16. The van der Waals surface area contributed by atoms with Crippen LogP contribution in [0.25, 0.3) is 0 Å². The van der Waals surface area contributed by atoms with E-state index in [1.807, 2.05) is 47.9 Å². The maximum absolute atomic E-state index is 13.5. The van der Waals surface area contributed by atoms with E-state index in [1.165, 1.54) is 12.8 Å². The third kappa shape index (κ3) is 5.68. The normalized spacial score (nSPS) is 26.0. The summed E-state index contributed by atoms with van der Waals surface area (Å²) in [5.41, 5.74) is 3.69. The number of amides is 2. The van der Waals surface area contributed by atoms with Crippen LogP contribution in [0.15, 0.2) is 36.4 Å². The Morgan fingerprint density at radius 2 is 1.62 bits per heavy atom. The van der Waals surface area contributed by atoms with Gasteiger partial charge >= 0.3 is 0 Å². The Bertz CT molecular complexity index is 1150. The van der Waals surface area contributed by atoms with Crippen LogP contribution in [0.4, 0.5) is 0 Å². The Balaban J connectivity index is 1.32. The van der Waals surface area contributed by atoms with Crippen molar-refractivity contribution >= 4 is 35.0 Å². The molecule has 3 aliphatic rings. The van der Waals surface area contributed by atoms with Crippen LogP contribution in [0, 0.1) is 13.8 Å². The van der Waals surface area contributed by atoms with Crippen LogP contribution in [0.5, 0.6) is 0 Å². The number of carbonyl (C=O) groups excluding carboxylic acids is 2. The van der Waals surface area contributed by atoms with Gasteiger partial charge in [-0.15, -0.1) is 0 Å². The second-order valence-electron chi connectivity index (χ2n) is 11.0. The molecule has 0 radical (unpaired) electrons. The highest BCUT2D eigenvalue weighted by molar-refractivity contribution is 6.42. The summed E-state index contributed by atoms with van der Waals surface area (Å²) in [6, 6.07) is 12.7. The summed E-state index contributed by atoms with van der Waals surface area (Å²) in [5.74, 6) is 0.0460. The van der Waals surface area contributed by atoms with Gasteiger partial charge in [0.25, 0.3) is 5.91 Å². The summed E-state index contributed by atoms with van der Waals surface area (Å²) in [6.07, 6.45) is 4.69. The van der Waals surface area contributed by atoms with Crippen LogP contribution in [-0.2, 0) is 4.79 Å². The zero-order chi connectivity index (χ0) is 26.3. The van der Waals surface area contributed by atoms with Gasteiger partial charge in [-0.05, 0) is 76.4 Å². The molecule has 0 spiro atoms. The van der Waals surface area contributed by atoms with Gasteiger partial charge in [-0.25, -0.2) is 0 Å². The topological polar surface area (TPSA) is 55.9 Å². The van der Waals surface area contributed by atoms with Crippen molar-refractivity contribution in [2.75, 3.05) is 33.2 Å². The molecule has 2 aromatic rings. The number of aryl methyl sites for hydroxylation is 2. The largest absolute Gasteiger partial charge is 0.334 e. The van der Waals surface area contributed by atoms with E-state index in [9.17, 15) is 9.59 Å². The van der Waals surface area contributed by atoms with Gasteiger partial charge in [0.2, 0.25) is 5.91 Å². The molecule has 2 aromatic carbocycles. The van der Waals surface area contributed by atoms with Gasteiger partial charge in [0.05, 0.1) is 22.6 Å². The van der Waals surface area contributed by atoms with Gasteiger partial charge in [-0.3, -0.25) is 9.59 Å². The summed E-state index contributed by atoms with van der Waals surface area (Å²) in [7, 11) is 2.23. The van der Waals surface area contributed by atoms with E-state index in [2.05, 4.69) is 23.3 Å². The summed E-state index contributed by atoms with van der Waals surface area (Å²) in [4.78, 5) is 33.3. The first-order chi connectivity index (χ1) is 17.7. The van der Waals surface area contributed by atoms with Crippen molar-refractivity contribution in [1.82, 2.24) is 20.0 Å². The van der Waals surface area contributed by atoms with Gasteiger partial charge < -0.3 is 20.0 Å². The molecule has 198 valence electrons. The van der Waals surface area contributed by atoms with E-state index in [0.29, 0.717) is 59.9 Å². The zero-order valence-corrected chi connectivity index (χ0v) is 23.4. The number of piperazine rings is 1. The third-order valence-electron chi connectivity index (χ3n) is 8.43. The number of halogens is 2. The predicted molar refractivity (Wildman–Crippen MR) is 148 cm³/mol. The number of nitrogens with zero attached hydrogens (tertiary/aromatic N) is 3. The molecule has 37 heavy (non-hydrogen) atoms. The molecule has 3 saturated heterocycles. The van der Waals surface area contributed by atoms with E-state index in [1.54, 1.807) is 6.07 Å². The molecule has 0 aromatic heterocycles. The molecule has 1 N–H and O–H groups in total. The van der Waals surface area contributed by atoms with E-state index < -0.39 is 0 Å². The number of piperidine rings is 1. The van der Waals surface area contributed by atoms with Gasteiger partial charge in [0.15, 0.2) is 0 Å². The smallest absolute Gasteiger partial charge is 0.254 e. The Labute approximate surface area is 229 Å². The maximum atomic E-state index is 13.5. The van der Waals surface area contributed by atoms with E-state index in [-0.39, 0.29) is 17.9 Å². The number of carbonyl (C=O) groups is 2. The van der Waals surface area contributed by atoms with Crippen LogP contribution in [0.1, 0.15) is 58.8 Å². The number of benzene rings is 2. The van der Waals surface area contributed by atoms with Crippen molar-refractivity contribution in [3.05, 3.63) is 68.7 Å². The molecule has 2 amide bonds. The molecule has 2 unspecified atom stereocenters. The Morgan fingerprint density at radius 1 is 0.946 bits per heavy atom. The van der Waals surface area contributed by atoms with Gasteiger partial charge in [0, 0.05) is 43.3 Å². The monoisotopic (exact) mass is 542 g/mol. The highest BCUT2D eigenvalue weighted by Gasteiger charge is 2.39. The lowest BCUT2D eigenvalue weighted by Gasteiger charge is -2.42. The lowest BCUT2D eigenvalue weighted by Crippen LogP contribution is -2.55. The van der Waals surface area contributed by atoms with Crippen LogP contribution >= 0.6 is 23.2 Å². The summed E-state index contributed by atoms with van der Waals surface area (Å²) >= 11 is 12.6. The molecule has 3 heterocycles. The van der Waals surface area contributed by atoms with Gasteiger partial charge in [0.1, 0.15) is 0 Å². The Hall–Kier alpha value is -2.12. The van der Waals surface area contributed by atoms with Crippen molar-refractivity contribution in [3.63, 3.8) is 0 Å². The van der Waals surface area contributed by atoms with Crippen molar-refractivity contribution in [2.45, 2.75) is 63.7 Å². The number of rotatable bonds is 5. The molecule has 3 aliphatic heterocycles. The number of hydrogen-bond acceptors (Lipinski definition) is 4. The van der Waals surface area contributed by atoms with E-state index in [0.717, 1.165) is 29.5 Å². The lowest BCUT2D eigenvalue weighted by atomic mass is 9.98. The maximum Gasteiger partial charge on any atom is 0.254 e. The first-order valence-corrected chi connectivity index (χ1v) is 14.0. The highest BCUT2D eigenvalue weighted by atomic mass is 35.5. The van der Waals surface area contributed by atoms with Crippen LogP contribution < -0.4 is 5.32 Å². The second-order valence-corrected chi connectivity index (χ2v) is 11.8. The molecule has 3 fully saturated rings. The van der Waals surface area contributed by atoms with E-state index in [4.69, 9.17) is 23.2 Å². The number of fused-ring (bicyclic) bond motifs is 2. The summed E-state index contributed by atoms with van der Waals surface area (Å²) < 4.78 is 0. The number of nitrogens with one attached hydrogen (secondary N) is 1. The zero-order valence-electron chi connectivity index (χ0n) is 21.8. The fraction of sp³-hybridized carbons (Fsp3) is 0.517. The first-order valence-electron chi connectivity index (χ1n) is 13.3. The average molecular weight is 544 g/mol. The summed E-state index contributed by atoms with van der Waals surface area (Å²) in [5, 5.41) is 4.48. The molecule has 0 aliphatic carbocycles. The fourth-order valence-corrected chi connectivity index (χ4v) is 6.77. The Kier molecular flexibility index (Phi) is 7.83. The fourth-order valence-electron chi connectivity index (χ4n) is 6.46. The average Bonchev–Trinajstić information content (AvgIpc) is 3.07. The molecule has 8 heteroatoms. The van der Waals surface area contributed by atoms with Crippen LogP contribution in [0.3, 0.4) is 0 Å². The molecular formula is C29H36Cl2N4O2. The van der Waals surface area contributed by atoms with Gasteiger partial charge in [-0.1, -0.05) is 46.5 Å². The Morgan fingerprint density at radius 3 is 2.27 bits per heavy atom. The van der Waals surface area contributed by atoms with Crippen molar-refractivity contribution < 1.29 is 9.59 Å². The van der Waals surface area contributed by atoms with Crippen LogP contribution in [-0.4, -0.2) is 77.9 Å². The van der Waals surface area contributed by atoms with E-state index >= 15 is 0 Å². The lowest BCUT2D eigenvalue weighted by molar-refractivity contribution is -0.135. The van der Waals surface area contributed by atoms with Crippen molar-refractivity contribution in [3.8, 4) is 0 Å². The second kappa shape index (κ2) is 10.9. The summed E-state index contributed by atoms with van der Waals surface area (Å²) in [6.45, 7) is 5.68. The highest BCUT2D eigenvalue weighted by Crippen LogP contribution is 2.35. The first kappa shape index (κ1) is 26.5. The minimum Gasteiger partial charge on any atom is -0.334 e. The standard InChI is InChI=1S/C29H36Cl2N4O2/c1-18-10-19(2)12-21(11-18)29(37)34-8-9-35(27(17-34)20-4-7-25(30)26(31)13-20)28(36)16-32-22-14-23-5-6-24(15-22)33(23)3/h4,7,10-13,22-24,27,32H,5-6,8-9,14-17H2,1-3H3/t22?,23?,24?,27-/m0/s1. The SMILES string of the molecule is Cc1cc(C)cc(C(=O)N2CCN(C(=O)CNC3CC4CCC(C3)N4C)[C@H](c3ccc(Cl)c(Cl)c3)C2)c1. The molecule has 6 nitrogen and oxygen atoms in total. The quantitative estimate of drug-likeness (QED) is 0.586. The molecular weight excluding hydrogens is 507 g/mol. The molecule has 3 atom stereocenters. The number of hydrogen-bond donors (Lipinski definition) is 1. The van der Waals surface area contributed by atoms with Crippen molar-refractivity contribution in [2.24, 2.45) is 0 Å². The van der Waals surface area contributed by atoms with Crippen LogP contribution in [0.2, 0.25) is 10.0 Å². The molecule has 5 rings (SSSR count). The minimum absolute atomic E-state index is 0.0103. The van der Waals surface area contributed by atoms with Gasteiger partial charge in [-0.2, -0.15) is 0 Å². The molecule has 2 bridgehead atoms. The van der Waals surface area contributed by atoms with Crippen molar-refractivity contribution in [1.29, 1.82) is 0 Å². The minimum atomic E-state index is -0.290. The predicted octanol–water partition coefficient (Wildman–Crippen LogP) is 4.85. The molecule has 0 saturated carbocycles.